The molecule has 0 bridgehead atoms. The Morgan fingerprint density at radius 3 is 2.46 bits per heavy atom. The smallest absolute Gasteiger partial charge is 0.434 e. The topological polar surface area (TPSA) is 111 Å². The molecule has 2 aliphatic carbocycles. The number of H-pyrrole nitrogens is 1. The van der Waals surface area contributed by atoms with Crippen LogP contribution in [0.2, 0.25) is 0 Å². The highest BCUT2D eigenvalue weighted by Crippen LogP contribution is 2.45. The summed E-state index contributed by atoms with van der Waals surface area (Å²) in [7, 11) is 3.13. The van der Waals surface area contributed by atoms with Crippen LogP contribution in [0, 0.1) is 0 Å². The number of anilines is 1. The van der Waals surface area contributed by atoms with Crippen molar-refractivity contribution in [2.45, 2.75) is 50.4 Å². The van der Waals surface area contributed by atoms with Crippen LogP contribution in [0.4, 0.5) is 19.0 Å². The number of ether oxygens (including phenoxy) is 1. The monoisotopic (exact) mass is 561 g/mol. The van der Waals surface area contributed by atoms with Crippen LogP contribution in [0.25, 0.3) is 33.9 Å². The molecule has 0 saturated heterocycles. The van der Waals surface area contributed by atoms with Gasteiger partial charge in [-0.3, -0.25) is 0 Å². The first-order valence-electron chi connectivity index (χ1n) is 13.4. The second kappa shape index (κ2) is 9.53. The van der Waals surface area contributed by atoms with Crippen molar-refractivity contribution in [3.05, 3.63) is 60.1 Å². The number of aryl methyl sites for hydroxylation is 1. The Bertz CT molecular complexity index is 1740. The van der Waals surface area contributed by atoms with Crippen LogP contribution in [0.3, 0.4) is 0 Å². The van der Waals surface area contributed by atoms with Gasteiger partial charge in [0.2, 0.25) is 5.88 Å². The fraction of sp³-hybridized carbons (Fsp3) is 0.357. The summed E-state index contributed by atoms with van der Waals surface area (Å²) in [6, 6.07) is 7.71. The summed E-state index contributed by atoms with van der Waals surface area (Å²) >= 11 is 0. The molecule has 1 N–H and O–H groups in total. The molecule has 0 radical (unpaired) electrons. The average molecular weight is 562 g/mol. The lowest BCUT2D eigenvalue weighted by atomic mass is 10.1. The number of fused-ring (bicyclic) bond motifs is 1. The van der Waals surface area contributed by atoms with Gasteiger partial charge in [0.15, 0.2) is 23.0 Å². The Balaban J connectivity index is 1.25. The van der Waals surface area contributed by atoms with Crippen molar-refractivity contribution in [1.82, 2.24) is 39.5 Å². The van der Waals surface area contributed by atoms with Gasteiger partial charge in [-0.25, -0.2) is 29.9 Å². The van der Waals surface area contributed by atoms with Crippen LogP contribution < -0.4 is 9.64 Å². The van der Waals surface area contributed by atoms with Crippen LogP contribution in [0.5, 0.6) is 5.88 Å². The van der Waals surface area contributed by atoms with Crippen molar-refractivity contribution in [1.29, 1.82) is 0 Å². The molecule has 2 saturated carbocycles. The van der Waals surface area contributed by atoms with Crippen molar-refractivity contribution < 1.29 is 17.9 Å². The van der Waals surface area contributed by atoms with E-state index in [4.69, 9.17) is 14.7 Å². The van der Waals surface area contributed by atoms with Crippen molar-refractivity contribution in [3.8, 4) is 28.7 Å². The third-order valence-electron chi connectivity index (χ3n) is 7.48. The fourth-order valence-corrected chi connectivity index (χ4v) is 5.14. The van der Waals surface area contributed by atoms with Gasteiger partial charge in [0, 0.05) is 37.3 Å². The zero-order valence-corrected chi connectivity index (χ0v) is 22.4. The highest BCUT2D eigenvalue weighted by Gasteiger charge is 2.36. The van der Waals surface area contributed by atoms with Gasteiger partial charge in [0.1, 0.15) is 23.2 Å². The molecule has 1 aromatic carbocycles. The van der Waals surface area contributed by atoms with Gasteiger partial charge in [0.05, 0.1) is 19.1 Å². The molecule has 0 aliphatic heterocycles. The van der Waals surface area contributed by atoms with Crippen molar-refractivity contribution in [2.24, 2.45) is 7.05 Å². The molecule has 7 rings (SSSR count). The number of rotatable bonds is 8. The number of nitrogens with zero attached hydrogens (tertiary/aromatic N) is 8. The maximum atomic E-state index is 13.2. The summed E-state index contributed by atoms with van der Waals surface area (Å²) in [6.45, 7) is 0.543. The summed E-state index contributed by atoms with van der Waals surface area (Å²) in [4.78, 5) is 32.4. The van der Waals surface area contributed by atoms with Crippen LogP contribution in [0.15, 0.2) is 43.1 Å². The van der Waals surface area contributed by atoms with Crippen molar-refractivity contribution in [2.75, 3.05) is 12.0 Å². The second-order valence-corrected chi connectivity index (χ2v) is 10.5. The molecule has 2 aliphatic rings. The van der Waals surface area contributed by atoms with Gasteiger partial charge in [-0.2, -0.15) is 13.2 Å². The van der Waals surface area contributed by atoms with E-state index in [-0.39, 0.29) is 11.9 Å². The third-order valence-corrected chi connectivity index (χ3v) is 7.48. The minimum atomic E-state index is -4.50. The second-order valence-electron chi connectivity index (χ2n) is 10.5. The van der Waals surface area contributed by atoms with Crippen LogP contribution in [-0.2, 0) is 19.8 Å². The molecule has 0 spiro atoms. The SMILES string of the molecule is COc1ncnc(C2CC2)c1-c1nc(N(Cc2ccc(-c3nc(C(F)(F)F)cn3C)cc2)C2CC2)c2[nH]cnc2n1. The maximum absolute atomic E-state index is 13.2. The largest absolute Gasteiger partial charge is 0.480 e. The Labute approximate surface area is 232 Å². The molecule has 0 amide bonds. The summed E-state index contributed by atoms with van der Waals surface area (Å²) in [5.41, 5.74) is 3.52. The zero-order chi connectivity index (χ0) is 28.3. The predicted molar refractivity (Wildman–Crippen MR) is 144 cm³/mol. The highest BCUT2D eigenvalue weighted by atomic mass is 19.4. The number of hydrogen-bond donors (Lipinski definition) is 1. The van der Waals surface area contributed by atoms with Gasteiger partial charge in [-0.1, -0.05) is 24.3 Å². The van der Waals surface area contributed by atoms with Gasteiger partial charge in [-0.05, 0) is 31.2 Å². The lowest BCUT2D eigenvalue weighted by Crippen LogP contribution is -2.26. The van der Waals surface area contributed by atoms with E-state index < -0.39 is 11.9 Å². The lowest BCUT2D eigenvalue weighted by Gasteiger charge is -2.25. The Kier molecular flexibility index (Phi) is 5.91. The Hall–Kier alpha value is -4.55. The maximum Gasteiger partial charge on any atom is 0.434 e. The summed E-state index contributed by atoms with van der Waals surface area (Å²) < 4.78 is 46.5. The number of benzene rings is 1. The molecule has 4 heterocycles. The summed E-state index contributed by atoms with van der Waals surface area (Å²) in [6.07, 6.45) is 3.76. The van der Waals surface area contributed by atoms with Gasteiger partial charge in [-0.15, -0.1) is 0 Å². The molecule has 13 heteroatoms. The van der Waals surface area contributed by atoms with E-state index in [1.165, 1.54) is 10.9 Å². The number of nitrogens with one attached hydrogen (secondary N) is 1. The van der Waals surface area contributed by atoms with Crippen LogP contribution in [0.1, 0.15) is 48.6 Å². The van der Waals surface area contributed by atoms with Gasteiger partial charge >= 0.3 is 6.18 Å². The predicted octanol–water partition coefficient (Wildman–Crippen LogP) is 5.28. The number of aromatic amines is 1. The number of alkyl halides is 3. The first-order chi connectivity index (χ1) is 19.8. The number of hydrogen-bond acceptors (Lipinski definition) is 8. The quantitative estimate of drug-likeness (QED) is 0.272. The minimum absolute atomic E-state index is 0.257. The molecule has 41 heavy (non-hydrogen) atoms. The summed E-state index contributed by atoms with van der Waals surface area (Å²) in [5.74, 6) is 2.20. The molecule has 4 aromatic heterocycles. The third kappa shape index (κ3) is 4.74. The minimum Gasteiger partial charge on any atom is -0.480 e. The molecule has 210 valence electrons. The molecular formula is C28H26F3N9O. The van der Waals surface area contributed by atoms with E-state index in [2.05, 4.69) is 29.8 Å². The molecule has 2 fully saturated rings. The molecule has 0 atom stereocenters. The molecular weight excluding hydrogens is 535 g/mol. The van der Waals surface area contributed by atoms with Crippen LogP contribution in [-0.4, -0.2) is 52.6 Å². The normalized spacial score (nSPS) is 15.4. The number of imidazole rings is 2. The summed E-state index contributed by atoms with van der Waals surface area (Å²) in [5, 5.41) is 0. The van der Waals surface area contributed by atoms with Crippen LogP contribution >= 0.6 is 0 Å². The van der Waals surface area contributed by atoms with E-state index in [0.717, 1.165) is 54.5 Å². The number of halogens is 3. The Morgan fingerprint density at radius 1 is 1.02 bits per heavy atom. The van der Waals surface area contributed by atoms with Crippen molar-refractivity contribution >= 4 is 17.0 Å². The van der Waals surface area contributed by atoms with Gasteiger partial charge in [0.25, 0.3) is 0 Å². The van der Waals surface area contributed by atoms with E-state index in [1.807, 2.05) is 12.1 Å². The zero-order valence-electron chi connectivity index (χ0n) is 22.4. The van der Waals surface area contributed by atoms with E-state index in [1.54, 1.807) is 32.6 Å². The Morgan fingerprint density at radius 2 is 1.80 bits per heavy atom. The van der Waals surface area contributed by atoms with E-state index >= 15 is 0 Å². The molecule has 5 aromatic rings. The molecule has 10 nitrogen and oxygen atoms in total. The number of methoxy groups -OCH3 is 1. The average Bonchev–Trinajstić information content (AvgIpc) is 3.90. The van der Waals surface area contributed by atoms with Crippen molar-refractivity contribution in [3.63, 3.8) is 0 Å². The first-order valence-corrected chi connectivity index (χ1v) is 13.4. The number of aromatic nitrogens is 8. The first kappa shape index (κ1) is 25.4. The lowest BCUT2D eigenvalue weighted by molar-refractivity contribution is -0.140. The van der Waals surface area contributed by atoms with Gasteiger partial charge < -0.3 is 19.2 Å². The highest BCUT2D eigenvalue weighted by molar-refractivity contribution is 5.86. The fourth-order valence-electron chi connectivity index (χ4n) is 5.14. The standard InChI is InChI=1S/C28H26F3N9O/c1-39-12-19(28(29,30)31)36-25(39)17-5-3-15(4-6-17)11-40(18-9-10-18)26-22-24(34-13-33-22)37-23(38-26)20-21(16-7-8-16)32-14-35-27(20)41-2/h3-6,12-14,16,18H,7-11H2,1-2H3,(H,33,34,37,38). The molecule has 0 unspecified atom stereocenters. The van der Waals surface area contributed by atoms with E-state index in [9.17, 15) is 13.2 Å². The van der Waals surface area contributed by atoms with E-state index in [0.29, 0.717) is 40.9 Å².